The molecule has 0 saturated carbocycles. The molecular weight excluding hydrogens is 290 g/mol. The van der Waals surface area contributed by atoms with Crippen LogP contribution < -0.4 is 10.6 Å². The van der Waals surface area contributed by atoms with Crippen LogP contribution in [0, 0.1) is 5.92 Å². The van der Waals surface area contributed by atoms with E-state index >= 15 is 0 Å². The number of rotatable bonds is 10. The molecule has 1 aliphatic heterocycles. The fourth-order valence-electron chi connectivity index (χ4n) is 2.76. The Kier molecular flexibility index (Phi) is 11.0. The van der Waals surface area contributed by atoms with Crippen LogP contribution in [0.2, 0.25) is 0 Å². The number of guanidine groups is 1. The van der Waals surface area contributed by atoms with Crippen molar-refractivity contribution in [2.75, 3.05) is 73.6 Å². The fraction of sp³-hybridized carbons (Fsp3) is 0.941. The largest absolute Gasteiger partial charge is 0.385 e. The number of piperidine rings is 1. The Hall–Kier alpha value is -0.850. The predicted molar refractivity (Wildman–Crippen MR) is 98.2 cm³/mol. The van der Waals surface area contributed by atoms with Gasteiger partial charge in [0.25, 0.3) is 0 Å². The van der Waals surface area contributed by atoms with Gasteiger partial charge in [-0.25, -0.2) is 0 Å². The molecule has 1 rings (SSSR count). The van der Waals surface area contributed by atoms with E-state index in [9.17, 15) is 0 Å². The van der Waals surface area contributed by atoms with Gasteiger partial charge in [-0.15, -0.1) is 0 Å². The van der Waals surface area contributed by atoms with Crippen LogP contribution in [0.1, 0.15) is 26.2 Å². The Balaban J connectivity index is 2.23. The van der Waals surface area contributed by atoms with Crippen LogP contribution >= 0.6 is 0 Å². The Bertz CT molecular complexity index is 316. The van der Waals surface area contributed by atoms with Gasteiger partial charge in [-0.2, -0.15) is 0 Å². The van der Waals surface area contributed by atoms with E-state index in [0.29, 0.717) is 0 Å². The molecule has 1 fully saturated rings. The number of ether oxygens (including phenoxy) is 1. The summed E-state index contributed by atoms with van der Waals surface area (Å²) in [6, 6.07) is 0. The number of aliphatic imine (C=N–C) groups is 1. The van der Waals surface area contributed by atoms with Crippen molar-refractivity contribution in [3.8, 4) is 0 Å². The van der Waals surface area contributed by atoms with E-state index in [1.807, 2.05) is 0 Å². The molecule has 0 atom stereocenters. The van der Waals surface area contributed by atoms with Crippen molar-refractivity contribution in [3.63, 3.8) is 0 Å². The van der Waals surface area contributed by atoms with E-state index in [0.717, 1.165) is 57.6 Å². The van der Waals surface area contributed by atoms with Crippen molar-refractivity contribution in [2.45, 2.75) is 26.2 Å². The van der Waals surface area contributed by atoms with E-state index in [1.165, 1.54) is 25.9 Å². The molecule has 1 saturated heterocycles. The molecule has 0 aromatic heterocycles. The van der Waals surface area contributed by atoms with Crippen molar-refractivity contribution in [1.29, 1.82) is 0 Å². The molecule has 0 aliphatic carbocycles. The smallest absolute Gasteiger partial charge is 0.191 e. The summed E-state index contributed by atoms with van der Waals surface area (Å²) in [4.78, 5) is 9.50. The summed E-state index contributed by atoms with van der Waals surface area (Å²) in [7, 11) is 6.11. The van der Waals surface area contributed by atoms with Crippen LogP contribution in [0.15, 0.2) is 4.99 Å². The number of likely N-dealkylation sites (tertiary alicyclic amines) is 1. The Labute approximate surface area is 142 Å². The summed E-state index contributed by atoms with van der Waals surface area (Å²) in [5, 5.41) is 6.79. The highest BCUT2D eigenvalue weighted by atomic mass is 16.5. The first-order valence-corrected chi connectivity index (χ1v) is 9.04. The second-order valence-corrected chi connectivity index (χ2v) is 6.54. The minimum atomic E-state index is 0.735. The topological polar surface area (TPSA) is 52.1 Å². The van der Waals surface area contributed by atoms with Crippen LogP contribution in [-0.2, 0) is 4.74 Å². The van der Waals surface area contributed by atoms with Gasteiger partial charge in [0.2, 0.25) is 0 Å². The van der Waals surface area contributed by atoms with E-state index < -0.39 is 0 Å². The quantitative estimate of drug-likeness (QED) is 0.354. The molecule has 136 valence electrons. The third-order valence-electron chi connectivity index (χ3n) is 4.36. The van der Waals surface area contributed by atoms with Gasteiger partial charge >= 0.3 is 0 Å². The minimum Gasteiger partial charge on any atom is -0.385 e. The maximum atomic E-state index is 5.09. The summed E-state index contributed by atoms with van der Waals surface area (Å²) >= 11 is 0. The SMILES string of the molecule is CCNC(=NCC1CCN(C)CC1)NCCN(C)CCCOC. The van der Waals surface area contributed by atoms with Crippen molar-refractivity contribution in [2.24, 2.45) is 10.9 Å². The fourth-order valence-corrected chi connectivity index (χ4v) is 2.76. The molecule has 0 radical (unpaired) electrons. The van der Waals surface area contributed by atoms with E-state index in [1.54, 1.807) is 7.11 Å². The molecule has 0 amide bonds. The number of methoxy groups -OCH3 is 1. The van der Waals surface area contributed by atoms with Crippen LogP contribution in [-0.4, -0.2) is 89.4 Å². The predicted octanol–water partition coefficient (Wildman–Crippen LogP) is 0.852. The summed E-state index contributed by atoms with van der Waals surface area (Å²) < 4.78 is 5.09. The zero-order chi connectivity index (χ0) is 16.9. The number of hydrogen-bond acceptors (Lipinski definition) is 4. The van der Waals surface area contributed by atoms with E-state index in [-0.39, 0.29) is 0 Å². The van der Waals surface area contributed by atoms with Crippen molar-refractivity contribution < 1.29 is 4.74 Å². The molecule has 0 aromatic rings. The first-order valence-electron chi connectivity index (χ1n) is 9.04. The number of nitrogens with one attached hydrogen (secondary N) is 2. The molecule has 1 aliphatic rings. The zero-order valence-electron chi connectivity index (χ0n) is 15.6. The maximum Gasteiger partial charge on any atom is 0.191 e. The normalized spacial score (nSPS) is 17.7. The standard InChI is InChI=1S/C17H37N5O/c1-5-18-17(19-9-13-21(2)10-6-14-23-4)20-15-16-7-11-22(3)12-8-16/h16H,5-15H2,1-4H3,(H2,18,19,20). The maximum absolute atomic E-state index is 5.09. The summed E-state index contributed by atoms with van der Waals surface area (Å²) in [6.07, 6.45) is 3.61. The highest BCUT2D eigenvalue weighted by Gasteiger charge is 2.16. The van der Waals surface area contributed by atoms with Gasteiger partial charge in [0.1, 0.15) is 0 Å². The van der Waals surface area contributed by atoms with Gasteiger partial charge < -0.3 is 25.2 Å². The van der Waals surface area contributed by atoms with Gasteiger partial charge in [0, 0.05) is 46.4 Å². The van der Waals surface area contributed by atoms with E-state index in [4.69, 9.17) is 9.73 Å². The first kappa shape index (κ1) is 20.2. The van der Waals surface area contributed by atoms with Crippen LogP contribution in [0.5, 0.6) is 0 Å². The molecule has 6 nitrogen and oxygen atoms in total. The first-order chi connectivity index (χ1) is 11.2. The van der Waals surface area contributed by atoms with Crippen molar-refractivity contribution in [1.82, 2.24) is 20.4 Å². The summed E-state index contributed by atoms with van der Waals surface area (Å²) in [5.74, 6) is 1.69. The van der Waals surface area contributed by atoms with Gasteiger partial charge in [-0.1, -0.05) is 0 Å². The highest BCUT2D eigenvalue weighted by Crippen LogP contribution is 2.15. The van der Waals surface area contributed by atoms with Crippen LogP contribution in [0.4, 0.5) is 0 Å². The molecule has 23 heavy (non-hydrogen) atoms. The van der Waals surface area contributed by atoms with Gasteiger partial charge in [-0.3, -0.25) is 4.99 Å². The van der Waals surface area contributed by atoms with Gasteiger partial charge in [0.15, 0.2) is 5.96 Å². The number of nitrogens with zero attached hydrogens (tertiary/aromatic N) is 3. The lowest BCUT2D eigenvalue weighted by Gasteiger charge is -2.28. The average molecular weight is 328 g/mol. The molecule has 0 aromatic carbocycles. The van der Waals surface area contributed by atoms with Crippen molar-refractivity contribution >= 4 is 5.96 Å². The molecule has 0 unspecified atom stereocenters. The third-order valence-corrected chi connectivity index (χ3v) is 4.36. The number of likely N-dealkylation sites (N-methyl/N-ethyl adjacent to an activating group) is 1. The summed E-state index contributed by atoms with van der Waals surface area (Å²) in [5.41, 5.74) is 0. The number of hydrogen-bond donors (Lipinski definition) is 2. The molecule has 2 N–H and O–H groups in total. The molecule has 1 heterocycles. The molecule has 0 spiro atoms. The lowest BCUT2D eigenvalue weighted by Crippen LogP contribution is -2.41. The monoisotopic (exact) mass is 327 g/mol. The Morgan fingerprint density at radius 1 is 1.26 bits per heavy atom. The van der Waals surface area contributed by atoms with Crippen molar-refractivity contribution in [3.05, 3.63) is 0 Å². The minimum absolute atomic E-state index is 0.735. The zero-order valence-corrected chi connectivity index (χ0v) is 15.6. The Morgan fingerprint density at radius 3 is 2.65 bits per heavy atom. The lowest BCUT2D eigenvalue weighted by molar-refractivity contribution is 0.180. The molecule has 0 bridgehead atoms. The highest BCUT2D eigenvalue weighted by molar-refractivity contribution is 5.79. The summed E-state index contributed by atoms with van der Waals surface area (Å²) in [6.45, 7) is 10.2. The van der Waals surface area contributed by atoms with E-state index in [2.05, 4.69) is 41.5 Å². The van der Waals surface area contributed by atoms with Gasteiger partial charge in [-0.05, 0) is 59.3 Å². The Morgan fingerprint density at radius 2 is 2.00 bits per heavy atom. The van der Waals surface area contributed by atoms with Crippen LogP contribution in [0.3, 0.4) is 0 Å². The average Bonchev–Trinajstić information content (AvgIpc) is 2.54. The molecule has 6 heteroatoms. The van der Waals surface area contributed by atoms with Gasteiger partial charge in [0.05, 0.1) is 0 Å². The molecular formula is C17H37N5O. The lowest BCUT2D eigenvalue weighted by atomic mass is 9.97. The second-order valence-electron chi connectivity index (χ2n) is 6.54. The second kappa shape index (κ2) is 12.6. The third kappa shape index (κ3) is 9.79. The van der Waals surface area contributed by atoms with Crippen LogP contribution in [0.25, 0.3) is 0 Å².